The number of carbonyl (C=O) groups excluding carboxylic acids is 1. The molecule has 0 unspecified atom stereocenters. The third-order valence-corrected chi connectivity index (χ3v) is 3.89. The molecule has 3 nitrogen and oxygen atoms in total. The predicted octanol–water partition coefficient (Wildman–Crippen LogP) is 4.08. The molecule has 0 heterocycles. The quantitative estimate of drug-likeness (QED) is 0.301. The molecule has 1 N–H and O–H groups in total. The van der Waals surface area contributed by atoms with E-state index in [4.69, 9.17) is 4.74 Å². The van der Waals surface area contributed by atoms with Crippen LogP contribution >= 0.6 is 0 Å². The van der Waals surface area contributed by atoms with E-state index in [2.05, 4.69) is 12.7 Å². The van der Waals surface area contributed by atoms with Gasteiger partial charge in [-0.05, 0) is 51.0 Å². The van der Waals surface area contributed by atoms with Gasteiger partial charge in [-0.2, -0.15) is 0 Å². The largest absolute Gasteiger partial charge is 0.463 e. The van der Waals surface area contributed by atoms with Gasteiger partial charge in [0.15, 0.2) is 0 Å². The fraction of sp³-hybridized carbons (Fsp3) is 0.611. The summed E-state index contributed by atoms with van der Waals surface area (Å²) in [6, 6.07) is 0. The van der Waals surface area contributed by atoms with Gasteiger partial charge in [-0.15, -0.1) is 6.58 Å². The number of aliphatic hydroxyl groups is 1. The second-order valence-electron chi connectivity index (χ2n) is 5.56. The molecule has 0 saturated heterocycles. The SMILES string of the molecule is C=CCCC/C=C/C/C(=C/C(=O)OCC)C1(O)CCCC1. The maximum absolute atomic E-state index is 11.7. The fourth-order valence-corrected chi connectivity index (χ4v) is 2.70. The van der Waals surface area contributed by atoms with Gasteiger partial charge in [0.25, 0.3) is 0 Å². The van der Waals surface area contributed by atoms with Crippen molar-refractivity contribution >= 4 is 5.97 Å². The second kappa shape index (κ2) is 9.56. The molecule has 0 aromatic carbocycles. The summed E-state index contributed by atoms with van der Waals surface area (Å²) >= 11 is 0. The Kier molecular flexibility index (Phi) is 8.06. The van der Waals surface area contributed by atoms with Crippen LogP contribution in [0.1, 0.15) is 58.3 Å². The minimum Gasteiger partial charge on any atom is -0.463 e. The first kappa shape index (κ1) is 17.7. The normalized spacial score (nSPS) is 18.1. The Morgan fingerprint density at radius 1 is 1.29 bits per heavy atom. The molecular weight excluding hydrogens is 264 g/mol. The zero-order valence-electron chi connectivity index (χ0n) is 13.1. The van der Waals surface area contributed by atoms with Crippen molar-refractivity contribution in [2.24, 2.45) is 0 Å². The smallest absolute Gasteiger partial charge is 0.330 e. The van der Waals surface area contributed by atoms with Crippen molar-refractivity contribution in [1.82, 2.24) is 0 Å². The molecule has 0 amide bonds. The van der Waals surface area contributed by atoms with Gasteiger partial charge in [0, 0.05) is 6.08 Å². The number of esters is 1. The van der Waals surface area contributed by atoms with E-state index >= 15 is 0 Å². The zero-order valence-corrected chi connectivity index (χ0v) is 13.1. The van der Waals surface area contributed by atoms with Crippen LogP contribution in [-0.4, -0.2) is 23.3 Å². The Morgan fingerprint density at radius 2 is 2.00 bits per heavy atom. The van der Waals surface area contributed by atoms with E-state index in [1.807, 2.05) is 12.2 Å². The van der Waals surface area contributed by atoms with Crippen molar-refractivity contribution in [2.45, 2.75) is 63.9 Å². The van der Waals surface area contributed by atoms with Crippen molar-refractivity contribution in [3.05, 3.63) is 36.5 Å². The van der Waals surface area contributed by atoms with Crippen LogP contribution in [-0.2, 0) is 9.53 Å². The summed E-state index contributed by atoms with van der Waals surface area (Å²) < 4.78 is 4.97. The molecule has 3 heteroatoms. The summed E-state index contributed by atoms with van der Waals surface area (Å²) in [5.74, 6) is -0.354. The van der Waals surface area contributed by atoms with E-state index in [0.29, 0.717) is 13.0 Å². The highest BCUT2D eigenvalue weighted by Gasteiger charge is 2.34. The first-order valence-electron chi connectivity index (χ1n) is 7.98. The van der Waals surface area contributed by atoms with Crippen molar-refractivity contribution in [1.29, 1.82) is 0 Å². The van der Waals surface area contributed by atoms with Crippen LogP contribution in [0.4, 0.5) is 0 Å². The summed E-state index contributed by atoms with van der Waals surface area (Å²) in [4.78, 5) is 11.7. The minimum absolute atomic E-state index is 0.354. The van der Waals surface area contributed by atoms with Gasteiger partial charge in [0.1, 0.15) is 0 Å². The molecule has 0 radical (unpaired) electrons. The van der Waals surface area contributed by atoms with Crippen molar-refractivity contribution in [2.75, 3.05) is 6.61 Å². The lowest BCUT2D eigenvalue weighted by molar-refractivity contribution is -0.137. The molecule has 0 bridgehead atoms. The average molecular weight is 292 g/mol. The molecule has 1 aliphatic carbocycles. The van der Waals surface area contributed by atoms with E-state index in [-0.39, 0.29) is 5.97 Å². The molecule has 0 spiro atoms. The maximum Gasteiger partial charge on any atom is 0.330 e. The number of rotatable bonds is 9. The summed E-state index contributed by atoms with van der Waals surface area (Å²) in [7, 11) is 0. The molecule has 1 aliphatic rings. The maximum atomic E-state index is 11.7. The second-order valence-corrected chi connectivity index (χ2v) is 5.56. The van der Waals surface area contributed by atoms with Crippen LogP contribution < -0.4 is 0 Å². The Labute approximate surface area is 128 Å². The zero-order chi connectivity index (χ0) is 15.6. The van der Waals surface area contributed by atoms with Gasteiger partial charge in [-0.1, -0.05) is 31.1 Å². The predicted molar refractivity (Wildman–Crippen MR) is 85.9 cm³/mol. The van der Waals surface area contributed by atoms with Crippen LogP contribution in [0.3, 0.4) is 0 Å². The Balaban J connectivity index is 2.64. The highest BCUT2D eigenvalue weighted by Crippen LogP contribution is 2.37. The minimum atomic E-state index is -0.821. The lowest BCUT2D eigenvalue weighted by Crippen LogP contribution is -2.27. The molecular formula is C18H28O3. The fourth-order valence-electron chi connectivity index (χ4n) is 2.70. The molecule has 0 aliphatic heterocycles. The average Bonchev–Trinajstić information content (AvgIpc) is 2.89. The Hall–Kier alpha value is -1.35. The van der Waals surface area contributed by atoms with E-state index in [0.717, 1.165) is 50.5 Å². The number of ether oxygens (including phenoxy) is 1. The Morgan fingerprint density at radius 3 is 2.62 bits per heavy atom. The number of hydrogen-bond acceptors (Lipinski definition) is 3. The summed E-state index contributed by atoms with van der Waals surface area (Å²) in [5, 5.41) is 10.7. The highest BCUT2D eigenvalue weighted by atomic mass is 16.5. The number of hydrogen-bond donors (Lipinski definition) is 1. The number of allylic oxidation sites excluding steroid dienone is 3. The highest BCUT2D eigenvalue weighted by molar-refractivity contribution is 5.83. The molecule has 0 atom stereocenters. The lowest BCUT2D eigenvalue weighted by atomic mass is 9.89. The topological polar surface area (TPSA) is 46.5 Å². The van der Waals surface area contributed by atoms with Gasteiger partial charge in [-0.3, -0.25) is 0 Å². The first-order chi connectivity index (χ1) is 10.1. The van der Waals surface area contributed by atoms with Crippen molar-refractivity contribution in [3.63, 3.8) is 0 Å². The first-order valence-corrected chi connectivity index (χ1v) is 7.98. The van der Waals surface area contributed by atoms with Crippen molar-refractivity contribution in [3.8, 4) is 0 Å². The van der Waals surface area contributed by atoms with E-state index in [1.54, 1.807) is 6.92 Å². The molecule has 118 valence electrons. The molecule has 1 rings (SSSR count). The van der Waals surface area contributed by atoms with Gasteiger partial charge < -0.3 is 9.84 Å². The van der Waals surface area contributed by atoms with Crippen LogP contribution in [0, 0.1) is 0 Å². The molecule has 0 aromatic heterocycles. The standard InChI is InChI=1S/C18H28O3/c1-3-5-6-7-8-9-12-16(15-17(19)21-4-2)18(20)13-10-11-14-18/h3,8-9,15,20H,1,4-7,10-14H2,2H3/b9-8+,16-15-. The summed E-state index contributed by atoms with van der Waals surface area (Å²) in [6.07, 6.45) is 14.8. The van der Waals surface area contributed by atoms with Crippen LogP contribution in [0.2, 0.25) is 0 Å². The van der Waals surface area contributed by atoms with E-state index in [1.165, 1.54) is 6.08 Å². The Bertz CT molecular complexity index is 387. The van der Waals surface area contributed by atoms with Gasteiger partial charge in [0.2, 0.25) is 0 Å². The third-order valence-electron chi connectivity index (χ3n) is 3.89. The molecule has 1 fully saturated rings. The molecule has 21 heavy (non-hydrogen) atoms. The third kappa shape index (κ3) is 6.30. The monoisotopic (exact) mass is 292 g/mol. The van der Waals surface area contributed by atoms with Gasteiger partial charge >= 0.3 is 5.97 Å². The summed E-state index contributed by atoms with van der Waals surface area (Å²) in [6.45, 7) is 5.85. The number of unbranched alkanes of at least 4 members (excludes halogenated alkanes) is 2. The molecule has 1 saturated carbocycles. The van der Waals surface area contributed by atoms with Crippen LogP contribution in [0.25, 0.3) is 0 Å². The number of carbonyl (C=O) groups is 1. The van der Waals surface area contributed by atoms with Crippen LogP contribution in [0.5, 0.6) is 0 Å². The lowest BCUT2D eigenvalue weighted by Gasteiger charge is -2.25. The molecule has 0 aromatic rings. The van der Waals surface area contributed by atoms with E-state index < -0.39 is 5.60 Å². The van der Waals surface area contributed by atoms with Crippen molar-refractivity contribution < 1.29 is 14.6 Å². The van der Waals surface area contributed by atoms with Gasteiger partial charge in [-0.25, -0.2) is 4.79 Å². The van der Waals surface area contributed by atoms with Crippen LogP contribution in [0.15, 0.2) is 36.5 Å². The summed E-state index contributed by atoms with van der Waals surface area (Å²) in [5.41, 5.74) is -0.0310. The van der Waals surface area contributed by atoms with Gasteiger partial charge in [0.05, 0.1) is 12.2 Å². The van der Waals surface area contributed by atoms with E-state index in [9.17, 15) is 9.90 Å².